The van der Waals surface area contributed by atoms with E-state index >= 15 is 0 Å². The first-order valence-electron chi connectivity index (χ1n) is 5.98. The van der Waals surface area contributed by atoms with E-state index in [9.17, 15) is 9.18 Å². The second-order valence-corrected chi connectivity index (χ2v) is 4.80. The second-order valence-electron chi connectivity index (χ2n) is 4.39. The van der Waals surface area contributed by atoms with E-state index in [1.807, 2.05) is 0 Å². The van der Waals surface area contributed by atoms with E-state index in [1.165, 1.54) is 12.1 Å². The lowest BCUT2D eigenvalue weighted by atomic mass is 10.0. The smallest absolute Gasteiger partial charge is 0.252 e. The van der Waals surface area contributed by atoms with Gasteiger partial charge < -0.3 is 10.1 Å². The molecule has 1 amide bonds. The van der Waals surface area contributed by atoms with Crippen LogP contribution in [0.25, 0.3) is 0 Å². The summed E-state index contributed by atoms with van der Waals surface area (Å²) in [6.07, 6.45) is 1.91. The number of hydrogen-bond acceptors (Lipinski definition) is 2. The van der Waals surface area contributed by atoms with Crippen molar-refractivity contribution < 1.29 is 13.9 Å². The lowest BCUT2D eigenvalue weighted by Crippen LogP contribution is -2.32. The Balaban J connectivity index is 1.90. The van der Waals surface area contributed by atoms with E-state index in [-0.39, 0.29) is 10.9 Å². The fourth-order valence-electron chi connectivity index (χ4n) is 1.96. The number of rotatable bonds is 3. The van der Waals surface area contributed by atoms with E-state index in [1.54, 1.807) is 0 Å². The predicted molar refractivity (Wildman–Crippen MR) is 67.3 cm³/mol. The van der Waals surface area contributed by atoms with Gasteiger partial charge in [0.1, 0.15) is 5.82 Å². The Hall–Kier alpha value is -1.13. The molecule has 5 heteroatoms. The Bertz CT molecular complexity index is 433. The van der Waals surface area contributed by atoms with Crippen molar-refractivity contribution in [2.75, 3.05) is 19.8 Å². The second kappa shape index (κ2) is 6.16. The molecule has 1 heterocycles. The van der Waals surface area contributed by atoms with Crippen molar-refractivity contribution in [1.82, 2.24) is 5.32 Å². The summed E-state index contributed by atoms with van der Waals surface area (Å²) in [5, 5.41) is 2.97. The van der Waals surface area contributed by atoms with E-state index < -0.39 is 5.82 Å². The van der Waals surface area contributed by atoms with Gasteiger partial charge in [0, 0.05) is 19.8 Å². The lowest BCUT2D eigenvalue weighted by molar-refractivity contribution is 0.0642. The molecule has 18 heavy (non-hydrogen) atoms. The molecule has 2 rings (SSSR count). The zero-order valence-electron chi connectivity index (χ0n) is 9.92. The maximum atomic E-state index is 12.9. The van der Waals surface area contributed by atoms with Gasteiger partial charge in [-0.3, -0.25) is 4.79 Å². The summed E-state index contributed by atoms with van der Waals surface area (Å²) in [5.41, 5.74) is 0.310. The van der Waals surface area contributed by atoms with E-state index in [0.29, 0.717) is 18.0 Å². The highest BCUT2D eigenvalue weighted by molar-refractivity contribution is 6.33. The van der Waals surface area contributed by atoms with Gasteiger partial charge in [-0.15, -0.1) is 0 Å². The molecular weight excluding hydrogens is 257 g/mol. The topological polar surface area (TPSA) is 38.3 Å². The average Bonchev–Trinajstić information content (AvgIpc) is 2.37. The molecule has 1 N–H and O–H groups in total. The molecule has 1 aromatic carbocycles. The van der Waals surface area contributed by atoms with Gasteiger partial charge in [-0.2, -0.15) is 0 Å². The van der Waals surface area contributed by atoms with Gasteiger partial charge in [-0.05, 0) is 37.0 Å². The molecule has 0 aliphatic carbocycles. The number of ether oxygens (including phenoxy) is 1. The van der Waals surface area contributed by atoms with Crippen LogP contribution >= 0.6 is 11.6 Å². The van der Waals surface area contributed by atoms with Gasteiger partial charge in [0.15, 0.2) is 0 Å². The molecule has 1 aromatic rings. The summed E-state index contributed by atoms with van der Waals surface area (Å²) in [4.78, 5) is 11.9. The van der Waals surface area contributed by atoms with Crippen LogP contribution in [0.4, 0.5) is 4.39 Å². The third kappa shape index (κ3) is 3.43. The summed E-state index contributed by atoms with van der Waals surface area (Å²) in [7, 11) is 0. The summed E-state index contributed by atoms with van der Waals surface area (Å²) in [6, 6.07) is 3.77. The Morgan fingerprint density at radius 1 is 1.44 bits per heavy atom. The number of amides is 1. The molecule has 0 unspecified atom stereocenters. The third-order valence-electron chi connectivity index (χ3n) is 3.07. The molecule has 1 saturated heterocycles. The predicted octanol–water partition coefficient (Wildman–Crippen LogP) is 2.64. The van der Waals surface area contributed by atoms with Gasteiger partial charge in [0.2, 0.25) is 0 Å². The van der Waals surface area contributed by atoms with Crippen LogP contribution in [0.3, 0.4) is 0 Å². The van der Waals surface area contributed by atoms with Gasteiger partial charge in [0.25, 0.3) is 5.91 Å². The fourth-order valence-corrected chi connectivity index (χ4v) is 2.21. The van der Waals surface area contributed by atoms with Crippen LogP contribution in [0, 0.1) is 11.7 Å². The SMILES string of the molecule is O=C(NCC1CCOCC1)c1ccc(F)cc1Cl. The molecule has 0 radical (unpaired) electrons. The number of carbonyl (C=O) groups is 1. The summed E-state index contributed by atoms with van der Waals surface area (Å²) in [6.45, 7) is 2.10. The fraction of sp³-hybridized carbons (Fsp3) is 0.462. The zero-order valence-corrected chi connectivity index (χ0v) is 10.7. The van der Waals surface area contributed by atoms with Gasteiger partial charge in [-0.25, -0.2) is 4.39 Å². The van der Waals surface area contributed by atoms with Crippen molar-refractivity contribution in [2.24, 2.45) is 5.92 Å². The minimum Gasteiger partial charge on any atom is -0.381 e. The first-order valence-corrected chi connectivity index (χ1v) is 6.35. The van der Waals surface area contributed by atoms with E-state index in [2.05, 4.69) is 5.32 Å². The molecule has 0 bridgehead atoms. The summed E-state index contributed by atoms with van der Waals surface area (Å²) in [5.74, 6) is -0.255. The van der Waals surface area contributed by atoms with Crippen molar-refractivity contribution in [3.63, 3.8) is 0 Å². The Morgan fingerprint density at radius 3 is 2.83 bits per heavy atom. The third-order valence-corrected chi connectivity index (χ3v) is 3.38. The Labute approximate surface area is 110 Å². The molecule has 0 aromatic heterocycles. The number of carbonyl (C=O) groups excluding carboxylic acids is 1. The minimum atomic E-state index is -0.444. The van der Waals surface area contributed by atoms with Crippen LogP contribution in [-0.4, -0.2) is 25.7 Å². The van der Waals surface area contributed by atoms with Crippen LogP contribution in [0.5, 0.6) is 0 Å². The number of benzene rings is 1. The molecule has 0 spiro atoms. The summed E-state index contributed by atoms with van der Waals surface area (Å²) < 4.78 is 18.1. The first kappa shape index (κ1) is 13.3. The van der Waals surface area contributed by atoms with Crippen molar-refractivity contribution in [3.8, 4) is 0 Å². The molecule has 0 saturated carbocycles. The highest BCUT2D eigenvalue weighted by atomic mass is 35.5. The highest BCUT2D eigenvalue weighted by Crippen LogP contribution is 2.18. The molecule has 1 aliphatic heterocycles. The molecule has 3 nitrogen and oxygen atoms in total. The van der Waals surface area contributed by atoms with E-state index in [4.69, 9.17) is 16.3 Å². The minimum absolute atomic E-state index is 0.138. The van der Waals surface area contributed by atoms with Gasteiger partial charge in [0.05, 0.1) is 10.6 Å². The van der Waals surface area contributed by atoms with Crippen molar-refractivity contribution in [1.29, 1.82) is 0 Å². The Kier molecular flexibility index (Phi) is 4.55. The monoisotopic (exact) mass is 271 g/mol. The van der Waals surface area contributed by atoms with Crippen molar-refractivity contribution >= 4 is 17.5 Å². The lowest BCUT2D eigenvalue weighted by Gasteiger charge is -2.22. The average molecular weight is 272 g/mol. The maximum Gasteiger partial charge on any atom is 0.252 e. The zero-order chi connectivity index (χ0) is 13.0. The summed E-state index contributed by atoms with van der Waals surface area (Å²) >= 11 is 5.83. The first-order chi connectivity index (χ1) is 8.66. The van der Waals surface area contributed by atoms with Crippen LogP contribution < -0.4 is 5.32 Å². The normalized spacial score (nSPS) is 16.6. The van der Waals surface area contributed by atoms with Crippen LogP contribution in [0.15, 0.2) is 18.2 Å². The maximum absolute atomic E-state index is 12.9. The molecule has 1 fully saturated rings. The number of nitrogens with one attached hydrogen (secondary N) is 1. The van der Waals surface area contributed by atoms with E-state index in [0.717, 1.165) is 32.1 Å². The van der Waals surface area contributed by atoms with Crippen LogP contribution in [0.1, 0.15) is 23.2 Å². The largest absolute Gasteiger partial charge is 0.381 e. The Morgan fingerprint density at radius 2 is 2.17 bits per heavy atom. The van der Waals surface area contributed by atoms with Gasteiger partial charge in [-0.1, -0.05) is 11.6 Å². The highest BCUT2D eigenvalue weighted by Gasteiger charge is 2.16. The van der Waals surface area contributed by atoms with Gasteiger partial charge >= 0.3 is 0 Å². The van der Waals surface area contributed by atoms with Crippen LogP contribution in [-0.2, 0) is 4.74 Å². The van der Waals surface area contributed by atoms with Crippen molar-refractivity contribution in [2.45, 2.75) is 12.8 Å². The molecule has 0 atom stereocenters. The number of halogens is 2. The van der Waals surface area contributed by atoms with Crippen molar-refractivity contribution in [3.05, 3.63) is 34.6 Å². The molecular formula is C13H15ClFNO2. The quantitative estimate of drug-likeness (QED) is 0.918. The standard InChI is InChI=1S/C13H15ClFNO2/c14-12-7-10(15)1-2-11(12)13(17)16-8-9-3-5-18-6-4-9/h1-2,7,9H,3-6,8H2,(H,16,17). The van der Waals surface area contributed by atoms with Crippen LogP contribution in [0.2, 0.25) is 5.02 Å². The number of hydrogen-bond donors (Lipinski definition) is 1. The molecule has 98 valence electrons. The molecule has 1 aliphatic rings.